The van der Waals surface area contributed by atoms with E-state index in [-0.39, 0.29) is 11.3 Å². The molecule has 3 aromatic rings. The van der Waals surface area contributed by atoms with Crippen molar-refractivity contribution >= 4 is 23.4 Å². The first-order valence-electron chi connectivity index (χ1n) is 8.38. The van der Waals surface area contributed by atoms with Crippen LogP contribution in [0.3, 0.4) is 0 Å². The minimum absolute atomic E-state index is 0.0820. The number of carbonyl (C=O) groups excluding carboxylic acids is 1. The van der Waals surface area contributed by atoms with Crippen molar-refractivity contribution in [3.8, 4) is 23.1 Å². The number of aromatic amines is 1. The molecule has 0 spiro atoms. The van der Waals surface area contributed by atoms with Gasteiger partial charge in [0.05, 0.1) is 29.6 Å². The molecular formula is C20H15N5O4. The number of para-hydroxylation sites is 2. The molecule has 0 unspecified atom stereocenters. The van der Waals surface area contributed by atoms with Gasteiger partial charge in [-0.05, 0) is 18.2 Å². The summed E-state index contributed by atoms with van der Waals surface area (Å²) in [7, 11) is 1.48. The number of nitrogens with zero attached hydrogens (tertiary/aromatic N) is 3. The minimum Gasteiger partial charge on any atom is -0.495 e. The van der Waals surface area contributed by atoms with Crippen molar-refractivity contribution in [1.82, 2.24) is 10.2 Å². The molecule has 0 aliphatic carbocycles. The fraction of sp³-hybridized carbons (Fsp3) is 0.0500. The summed E-state index contributed by atoms with van der Waals surface area (Å²) in [5.74, 6) is -0.165. The predicted molar refractivity (Wildman–Crippen MR) is 106 cm³/mol. The van der Waals surface area contributed by atoms with Gasteiger partial charge in [0, 0.05) is 23.3 Å². The first-order chi connectivity index (χ1) is 14.0. The number of nitrogens with one attached hydrogen (secondary N) is 2. The Morgan fingerprint density at radius 2 is 2.10 bits per heavy atom. The quantitative estimate of drug-likeness (QED) is 0.287. The highest BCUT2D eigenvalue weighted by atomic mass is 16.6. The van der Waals surface area contributed by atoms with E-state index in [4.69, 9.17) is 4.74 Å². The lowest BCUT2D eigenvalue weighted by Crippen LogP contribution is -2.14. The first kappa shape index (κ1) is 19.3. The molecule has 0 bridgehead atoms. The molecule has 2 aromatic carbocycles. The van der Waals surface area contributed by atoms with E-state index in [0.29, 0.717) is 28.3 Å². The van der Waals surface area contributed by atoms with Crippen LogP contribution in [0.25, 0.3) is 17.3 Å². The number of amides is 1. The van der Waals surface area contributed by atoms with Crippen molar-refractivity contribution in [3.63, 3.8) is 0 Å². The van der Waals surface area contributed by atoms with Crippen molar-refractivity contribution in [3.05, 3.63) is 76.0 Å². The van der Waals surface area contributed by atoms with Gasteiger partial charge >= 0.3 is 0 Å². The average Bonchev–Trinajstić information content (AvgIpc) is 3.20. The molecule has 0 aliphatic heterocycles. The summed E-state index contributed by atoms with van der Waals surface area (Å²) in [5, 5.41) is 29.8. The number of nitro groups is 1. The molecule has 1 heterocycles. The summed E-state index contributed by atoms with van der Waals surface area (Å²) >= 11 is 0. The van der Waals surface area contributed by atoms with Gasteiger partial charge < -0.3 is 10.1 Å². The Bertz CT molecular complexity index is 1140. The number of aromatic nitrogens is 2. The van der Waals surface area contributed by atoms with Crippen LogP contribution in [0, 0.1) is 21.4 Å². The van der Waals surface area contributed by atoms with E-state index in [1.54, 1.807) is 36.4 Å². The number of methoxy groups -OCH3 is 1. The second-order valence-corrected chi connectivity index (χ2v) is 5.83. The lowest BCUT2D eigenvalue weighted by atomic mass is 10.1. The molecule has 2 N–H and O–H groups in total. The third-order valence-electron chi connectivity index (χ3n) is 4.03. The summed E-state index contributed by atoms with van der Waals surface area (Å²) in [4.78, 5) is 23.1. The molecule has 0 saturated heterocycles. The van der Waals surface area contributed by atoms with Gasteiger partial charge in [0.1, 0.15) is 17.4 Å². The number of non-ortho nitro benzene ring substituents is 1. The maximum atomic E-state index is 12.6. The van der Waals surface area contributed by atoms with Gasteiger partial charge in [-0.3, -0.25) is 20.0 Å². The molecule has 0 radical (unpaired) electrons. The van der Waals surface area contributed by atoms with Crippen molar-refractivity contribution in [2.24, 2.45) is 0 Å². The third-order valence-corrected chi connectivity index (χ3v) is 4.03. The molecule has 1 aromatic heterocycles. The Morgan fingerprint density at radius 3 is 2.83 bits per heavy atom. The van der Waals surface area contributed by atoms with Crippen LogP contribution in [0.5, 0.6) is 5.75 Å². The molecule has 0 aliphatic rings. The predicted octanol–water partition coefficient (Wildman–Crippen LogP) is 3.54. The van der Waals surface area contributed by atoms with Crippen LogP contribution in [0.2, 0.25) is 0 Å². The maximum Gasteiger partial charge on any atom is 0.270 e. The molecule has 9 heteroatoms. The summed E-state index contributed by atoms with van der Waals surface area (Å²) in [6.45, 7) is 0. The largest absolute Gasteiger partial charge is 0.495 e. The highest BCUT2D eigenvalue weighted by Gasteiger charge is 2.15. The van der Waals surface area contributed by atoms with Crippen LogP contribution >= 0.6 is 0 Å². The minimum atomic E-state index is -0.622. The van der Waals surface area contributed by atoms with Crippen LogP contribution in [0.15, 0.2) is 60.3 Å². The van der Waals surface area contributed by atoms with Gasteiger partial charge in [-0.25, -0.2) is 0 Å². The lowest BCUT2D eigenvalue weighted by molar-refractivity contribution is -0.384. The number of nitro benzene ring substituents is 1. The fourth-order valence-corrected chi connectivity index (χ4v) is 2.65. The Kier molecular flexibility index (Phi) is 5.66. The van der Waals surface area contributed by atoms with E-state index in [0.717, 1.165) is 0 Å². The van der Waals surface area contributed by atoms with E-state index < -0.39 is 10.8 Å². The molecule has 0 atom stereocenters. The molecular weight excluding hydrogens is 374 g/mol. The number of carbonyl (C=O) groups is 1. The van der Waals surface area contributed by atoms with Crippen LogP contribution in [-0.2, 0) is 4.79 Å². The van der Waals surface area contributed by atoms with Crippen molar-refractivity contribution in [2.45, 2.75) is 0 Å². The molecule has 3 rings (SSSR count). The summed E-state index contributed by atoms with van der Waals surface area (Å²) in [5.41, 5.74) is 1.58. The maximum absolute atomic E-state index is 12.6. The van der Waals surface area contributed by atoms with Crippen molar-refractivity contribution in [1.29, 1.82) is 5.26 Å². The number of rotatable bonds is 6. The molecule has 0 fully saturated rings. The van der Waals surface area contributed by atoms with Crippen molar-refractivity contribution < 1.29 is 14.5 Å². The van der Waals surface area contributed by atoms with Gasteiger partial charge in [-0.15, -0.1) is 0 Å². The normalized spacial score (nSPS) is 10.8. The highest BCUT2D eigenvalue weighted by Crippen LogP contribution is 2.27. The zero-order chi connectivity index (χ0) is 20.8. The topological polar surface area (TPSA) is 134 Å². The van der Waals surface area contributed by atoms with Crippen LogP contribution < -0.4 is 10.1 Å². The zero-order valence-electron chi connectivity index (χ0n) is 15.2. The second-order valence-electron chi connectivity index (χ2n) is 5.83. The molecule has 29 heavy (non-hydrogen) atoms. The van der Waals surface area contributed by atoms with Crippen LogP contribution in [0.1, 0.15) is 5.56 Å². The van der Waals surface area contributed by atoms with Crippen LogP contribution in [0.4, 0.5) is 11.4 Å². The monoisotopic (exact) mass is 389 g/mol. The Labute approximate surface area is 165 Å². The van der Waals surface area contributed by atoms with E-state index in [1.807, 2.05) is 6.07 Å². The van der Waals surface area contributed by atoms with E-state index >= 15 is 0 Å². The van der Waals surface area contributed by atoms with E-state index in [2.05, 4.69) is 15.5 Å². The average molecular weight is 389 g/mol. The van der Waals surface area contributed by atoms with Gasteiger partial charge in [0.15, 0.2) is 0 Å². The van der Waals surface area contributed by atoms with E-state index in [9.17, 15) is 20.2 Å². The molecule has 1 amide bonds. The molecule has 0 saturated carbocycles. The molecule has 144 valence electrons. The smallest absolute Gasteiger partial charge is 0.270 e. The number of nitriles is 1. The van der Waals surface area contributed by atoms with Gasteiger partial charge in [-0.2, -0.15) is 10.4 Å². The number of benzene rings is 2. The number of hydrogen-bond acceptors (Lipinski definition) is 6. The fourth-order valence-electron chi connectivity index (χ4n) is 2.65. The third kappa shape index (κ3) is 4.28. The Hall–Kier alpha value is -4.45. The second kappa shape index (κ2) is 8.49. The Morgan fingerprint density at radius 1 is 1.31 bits per heavy atom. The zero-order valence-corrected chi connectivity index (χ0v) is 15.2. The standard InChI is InChI=1S/C20H15N5O4/c1-29-18-8-3-2-7-17(18)23-20(26)14(11-21)9-15-12-22-24-19(15)13-5-4-6-16(10-13)25(27)28/h2-10,12H,1H3,(H,22,24)(H,23,26). The van der Waals surface area contributed by atoms with Crippen LogP contribution in [-0.4, -0.2) is 28.1 Å². The van der Waals surface area contributed by atoms with E-state index in [1.165, 1.54) is 31.5 Å². The first-order valence-corrected chi connectivity index (χ1v) is 8.38. The highest BCUT2D eigenvalue weighted by molar-refractivity contribution is 6.10. The number of ether oxygens (including phenoxy) is 1. The van der Waals surface area contributed by atoms with Crippen molar-refractivity contribution in [2.75, 3.05) is 12.4 Å². The lowest BCUT2D eigenvalue weighted by Gasteiger charge is -2.09. The number of H-pyrrole nitrogens is 1. The summed E-state index contributed by atoms with van der Waals surface area (Å²) in [6.07, 6.45) is 2.80. The number of hydrogen-bond donors (Lipinski definition) is 2. The summed E-state index contributed by atoms with van der Waals surface area (Å²) in [6, 6.07) is 14.6. The van der Waals surface area contributed by atoms with Gasteiger partial charge in [0.25, 0.3) is 11.6 Å². The van der Waals surface area contributed by atoms with Gasteiger partial charge in [-0.1, -0.05) is 24.3 Å². The summed E-state index contributed by atoms with van der Waals surface area (Å²) < 4.78 is 5.19. The van der Waals surface area contributed by atoms with Gasteiger partial charge in [0.2, 0.25) is 0 Å². The molecule has 9 nitrogen and oxygen atoms in total. The number of anilines is 1. The Balaban J connectivity index is 1.92. The SMILES string of the molecule is COc1ccccc1NC(=O)C(C#N)=Cc1cn[nH]c1-c1cccc([N+](=O)[O-])c1.